The van der Waals surface area contributed by atoms with Crippen LogP contribution in [0.1, 0.15) is 0 Å². The molecule has 1 aliphatic heterocycles. The number of carbonyl (C=O) groups excluding carboxylic acids is 1. The molecule has 1 rings (SSSR count). The Morgan fingerprint density at radius 3 is 2.75 bits per heavy atom. The molecule has 2 nitrogen and oxygen atoms in total. The molecule has 1 fully saturated rings. The first-order chi connectivity index (χ1) is 3.72. The van der Waals surface area contributed by atoms with E-state index in [2.05, 4.69) is 15.9 Å². The summed E-state index contributed by atoms with van der Waals surface area (Å²) in [6.07, 6.45) is 1.93. The molecule has 0 aliphatic carbocycles. The Morgan fingerprint density at radius 2 is 2.62 bits per heavy atom. The second-order valence-electron chi connectivity index (χ2n) is 1.86. The first kappa shape index (κ1) is 6.08. The van der Waals surface area contributed by atoms with Crippen molar-refractivity contribution in [2.24, 2.45) is 0 Å². The van der Waals surface area contributed by atoms with Crippen molar-refractivity contribution in [3.8, 4) is 0 Å². The van der Waals surface area contributed by atoms with Crippen molar-refractivity contribution in [2.45, 2.75) is 4.83 Å². The summed E-state index contributed by atoms with van der Waals surface area (Å²) in [6, 6.07) is 0. The third-order valence-corrected chi connectivity index (χ3v) is 1.96. The van der Waals surface area contributed by atoms with Crippen LogP contribution in [-0.2, 0) is 4.79 Å². The molecule has 0 bridgehead atoms. The topological polar surface area (TPSA) is 20.3 Å². The first-order valence-electron chi connectivity index (χ1n) is 2.44. The van der Waals surface area contributed by atoms with Gasteiger partial charge in [-0.3, -0.25) is 4.79 Å². The Hall–Kier alpha value is -0.0500. The van der Waals surface area contributed by atoms with E-state index in [9.17, 15) is 4.79 Å². The monoisotopic (exact) mass is 176 g/mol. The first-order valence-corrected chi connectivity index (χ1v) is 3.36. The number of carbonyl (C=O) groups is 1. The van der Waals surface area contributed by atoms with Crippen molar-refractivity contribution < 1.29 is 4.79 Å². The average molecular weight is 177 g/mol. The summed E-state index contributed by atoms with van der Waals surface area (Å²) in [5.41, 5.74) is 0. The molecule has 0 spiro atoms. The van der Waals surface area contributed by atoms with Gasteiger partial charge in [0.05, 0.1) is 4.83 Å². The molecule has 0 aromatic rings. The van der Waals surface area contributed by atoms with Gasteiger partial charge in [-0.2, -0.15) is 0 Å². The van der Waals surface area contributed by atoms with Gasteiger partial charge in [0.25, 0.3) is 0 Å². The fraction of sp³-hybridized carbons (Fsp3) is 0.600. The van der Waals surface area contributed by atoms with Crippen molar-refractivity contribution in [2.75, 3.05) is 13.6 Å². The van der Waals surface area contributed by atoms with Crippen LogP contribution in [0.15, 0.2) is 0 Å². The molecular weight excluding hydrogens is 170 g/mol. The van der Waals surface area contributed by atoms with Crippen LogP contribution in [-0.4, -0.2) is 29.2 Å². The van der Waals surface area contributed by atoms with Gasteiger partial charge in [-0.25, -0.2) is 0 Å². The van der Waals surface area contributed by atoms with E-state index in [0.717, 1.165) is 6.54 Å². The molecule has 0 N–H and O–H groups in total. The van der Waals surface area contributed by atoms with Crippen molar-refractivity contribution in [3.05, 3.63) is 6.42 Å². The van der Waals surface area contributed by atoms with E-state index in [1.165, 1.54) is 0 Å². The van der Waals surface area contributed by atoms with Gasteiger partial charge in [0.2, 0.25) is 5.91 Å². The van der Waals surface area contributed by atoms with Crippen LogP contribution in [0, 0.1) is 6.42 Å². The fourth-order valence-electron chi connectivity index (χ4n) is 0.652. The van der Waals surface area contributed by atoms with Crippen LogP contribution >= 0.6 is 15.9 Å². The van der Waals surface area contributed by atoms with Gasteiger partial charge < -0.3 is 4.90 Å². The quantitative estimate of drug-likeness (QED) is 0.491. The summed E-state index contributed by atoms with van der Waals surface area (Å²) in [6.45, 7) is 0.773. The predicted molar refractivity (Wildman–Crippen MR) is 34.7 cm³/mol. The van der Waals surface area contributed by atoms with Crippen LogP contribution in [0.5, 0.6) is 0 Å². The standard InChI is InChI=1S/C5H7BrNO/c1-7-3-2-4(6)5(7)8/h2,4H,3H2,1H3. The summed E-state index contributed by atoms with van der Waals surface area (Å²) in [7, 11) is 1.79. The van der Waals surface area contributed by atoms with Crippen molar-refractivity contribution in [3.63, 3.8) is 0 Å². The second-order valence-corrected chi connectivity index (χ2v) is 2.84. The molecular formula is C5H7BrNO. The molecule has 8 heavy (non-hydrogen) atoms. The lowest BCUT2D eigenvalue weighted by Crippen LogP contribution is -2.22. The highest BCUT2D eigenvalue weighted by molar-refractivity contribution is 9.10. The van der Waals surface area contributed by atoms with Crippen molar-refractivity contribution in [1.29, 1.82) is 0 Å². The zero-order valence-corrected chi connectivity index (χ0v) is 6.18. The second kappa shape index (κ2) is 2.05. The van der Waals surface area contributed by atoms with Crippen molar-refractivity contribution >= 4 is 21.8 Å². The minimum Gasteiger partial charge on any atom is -0.344 e. The normalized spacial score (nSPS) is 29.5. The van der Waals surface area contributed by atoms with E-state index in [0.29, 0.717) is 0 Å². The van der Waals surface area contributed by atoms with E-state index < -0.39 is 0 Å². The Morgan fingerprint density at radius 1 is 2.00 bits per heavy atom. The number of likely N-dealkylation sites (tertiary alicyclic amines) is 1. The van der Waals surface area contributed by atoms with Crippen LogP contribution in [0.3, 0.4) is 0 Å². The van der Waals surface area contributed by atoms with Crippen LogP contribution in [0.25, 0.3) is 0 Å². The van der Waals surface area contributed by atoms with Crippen LogP contribution in [0.4, 0.5) is 0 Å². The van der Waals surface area contributed by atoms with Gasteiger partial charge >= 0.3 is 0 Å². The summed E-state index contributed by atoms with van der Waals surface area (Å²) in [4.78, 5) is 12.4. The maximum atomic E-state index is 10.8. The van der Waals surface area contributed by atoms with Gasteiger partial charge in [0.1, 0.15) is 0 Å². The van der Waals surface area contributed by atoms with E-state index in [1.54, 1.807) is 11.9 Å². The molecule has 1 radical (unpaired) electrons. The highest BCUT2D eigenvalue weighted by Gasteiger charge is 2.25. The predicted octanol–water partition coefficient (Wildman–Crippen LogP) is 0.426. The molecule has 1 unspecified atom stereocenters. The van der Waals surface area contributed by atoms with Gasteiger partial charge in [-0.1, -0.05) is 15.9 Å². The van der Waals surface area contributed by atoms with Gasteiger partial charge in [-0.15, -0.1) is 0 Å². The largest absolute Gasteiger partial charge is 0.344 e. The zero-order valence-electron chi connectivity index (χ0n) is 4.60. The van der Waals surface area contributed by atoms with E-state index in [-0.39, 0.29) is 10.7 Å². The minimum absolute atomic E-state index is 0.0347. The summed E-state index contributed by atoms with van der Waals surface area (Å²) in [5.74, 6) is 0.157. The van der Waals surface area contributed by atoms with Gasteiger partial charge in [-0.05, 0) is 0 Å². The highest BCUT2D eigenvalue weighted by atomic mass is 79.9. The number of hydrogen-bond donors (Lipinski definition) is 0. The molecule has 1 heterocycles. The van der Waals surface area contributed by atoms with E-state index >= 15 is 0 Å². The zero-order chi connectivity index (χ0) is 6.15. The molecule has 1 aliphatic rings. The Bertz CT molecular complexity index is 103. The molecule has 0 saturated carbocycles. The SMILES string of the molecule is CN1C[CH]C(Br)C1=O. The molecule has 1 saturated heterocycles. The lowest BCUT2D eigenvalue weighted by atomic mass is 10.4. The van der Waals surface area contributed by atoms with E-state index in [1.807, 2.05) is 6.42 Å². The molecule has 1 amide bonds. The third-order valence-electron chi connectivity index (χ3n) is 1.20. The molecule has 0 aromatic heterocycles. The molecule has 3 heteroatoms. The number of alkyl halides is 1. The maximum absolute atomic E-state index is 10.8. The number of amides is 1. The molecule has 0 aromatic carbocycles. The lowest BCUT2D eigenvalue weighted by Gasteiger charge is -2.04. The van der Waals surface area contributed by atoms with Crippen molar-refractivity contribution in [1.82, 2.24) is 4.90 Å². The number of nitrogens with zero attached hydrogens (tertiary/aromatic N) is 1. The summed E-state index contributed by atoms with van der Waals surface area (Å²) < 4.78 is 0. The number of rotatable bonds is 0. The van der Waals surface area contributed by atoms with Gasteiger partial charge in [0, 0.05) is 20.0 Å². The smallest absolute Gasteiger partial charge is 0.236 e. The Kier molecular flexibility index (Phi) is 1.56. The Labute approximate surface area is 57.0 Å². The third kappa shape index (κ3) is 0.869. The number of hydrogen-bond acceptors (Lipinski definition) is 1. The van der Waals surface area contributed by atoms with E-state index in [4.69, 9.17) is 0 Å². The Balaban J connectivity index is 2.57. The average Bonchev–Trinajstić information content (AvgIpc) is 1.98. The minimum atomic E-state index is -0.0347. The van der Waals surface area contributed by atoms with Crippen LogP contribution < -0.4 is 0 Å². The fourth-order valence-corrected chi connectivity index (χ4v) is 1.17. The molecule has 1 atom stereocenters. The van der Waals surface area contributed by atoms with Gasteiger partial charge in [0.15, 0.2) is 0 Å². The maximum Gasteiger partial charge on any atom is 0.236 e. The number of halogens is 1. The lowest BCUT2D eigenvalue weighted by molar-refractivity contribution is -0.125. The van der Waals surface area contributed by atoms with Crippen LogP contribution in [0.2, 0.25) is 0 Å². The summed E-state index contributed by atoms with van der Waals surface area (Å²) in [5, 5.41) is 0. The summed E-state index contributed by atoms with van der Waals surface area (Å²) >= 11 is 3.20. The highest BCUT2D eigenvalue weighted by Crippen LogP contribution is 2.14. The molecule has 45 valence electrons.